The first-order valence-electron chi connectivity index (χ1n) is 8.72. The van der Waals surface area contributed by atoms with Crippen molar-refractivity contribution in [2.45, 2.75) is 20.3 Å². The molecule has 2 heterocycles. The Bertz CT molecular complexity index is 1080. The molecule has 0 radical (unpaired) electrons. The number of carbonyl (C=O) groups is 1. The third-order valence-corrected chi connectivity index (χ3v) is 4.25. The number of aromatic nitrogens is 3. The Hall–Kier alpha value is -3.41. The summed E-state index contributed by atoms with van der Waals surface area (Å²) in [5, 5.41) is 0. The van der Waals surface area contributed by atoms with Crippen molar-refractivity contribution < 1.29 is 13.9 Å². The molecule has 27 heavy (non-hydrogen) atoms. The summed E-state index contributed by atoms with van der Waals surface area (Å²) in [7, 11) is 0. The van der Waals surface area contributed by atoms with E-state index in [1.54, 1.807) is 30.7 Å². The number of imidazole rings is 1. The fraction of sp³-hybridized carbons (Fsp3) is 0.190. The Morgan fingerprint density at radius 1 is 1.15 bits per heavy atom. The molecular formula is C21H19N3O3. The van der Waals surface area contributed by atoms with Crippen molar-refractivity contribution in [3.05, 3.63) is 71.3 Å². The Labute approximate surface area is 156 Å². The van der Waals surface area contributed by atoms with Gasteiger partial charge in [0, 0.05) is 23.9 Å². The predicted molar refractivity (Wildman–Crippen MR) is 101 cm³/mol. The molecule has 0 fully saturated rings. The lowest BCUT2D eigenvalue weighted by molar-refractivity contribution is 0.0508. The second-order valence-corrected chi connectivity index (χ2v) is 6.54. The van der Waals surface area contributed by atoms with Gasteiger partial charge in [-0.05, 0) is 44.2 Å². The molecule has 1 N–H and O–H groups in total. The lowest BCUT2D eigenvalue weighted by atomic mass is 10.1. The van der Waals surface area contributed by atoms with Crippen LogP contribution in [0.2, 0.25) is 0 Å². The summed E-state index contributed by atoms with van der Waals surface area (Å²) in [6, 6.07) is 11.3. The van der Waals surface area contributed by atoms with Crippen molar-refractivity contribution in [3.8, 4) is 11.5 Å². The van der Waals surface area contributed by atoms with E-state index in [-0.39, 0.29) is 12.6 Å². The number of aryl methyl sites for hydroxylation is 2. The molecule has 0 saturated heterocycles. The maximum absolute atomic E-state index is 12.3. The van der Waals surface area contributed by atoms with Crippen molar-refractivity contribution in [1.29, 1.82) is 0 Å². The van der Waals surface area contributed by atoms with Gasteiger partial charge in [0.1, 0.15) is 5.52 Å². The quantitative estimate of drug-likeness (QED) is 0.538. The largest absolute Gasteiger partial charge is 0.462 e. The molecule has 0 spiro atoms. The summed E-state index contributed by atoms with van der Waals surface area (Å²) in [5.41, 5.74) is 5.85. The molecule has 2 aromatic carbocycles. The van der Waals surface area contributed by atoms with Gasteiger partial charge in [-0.3, -0.25) is 0 Å². The number of nitrogens with zero attached hydrogens (tertiary/aromatic N) is 2. The Morgan fingerprint density at radius 3 is 2.70 bits per heavy atom. The number of carbonyl (C=O) groups excluding carboxylic acids is 1. The highest BCUT2D eigenvalue weighted by atomic mass is 16.5. The van der Waals surface area contributed by atoms with Crippen molar-refractivity contribution in [1.82, 2.24) is 15.0 Å². The van der Waals surface area contributed by atoms with E-state index < -0.39 is 0 Å². The highest BCUT2D eigenvalue weighted by molar-refractivity contribution is 5.93. The number of aromatic amines is 1. The molecule has 4 rings (SSSR count). The minimum atomic E-state index is -0.388. The van der Waals surface area contributed by atoms with Gasteiger partial charge in [-0.25, -0.2) is 14.8 Å². The number of nitrogens with one attached hydrogen (secondary N) is 1. The molecule has 0 bridgehead atoms. The number of ether oxygens (including phenoxy) is 1. The monoisotopic (exact) mass is 361 g/mol. The Kier molecular flexibility index (Phi) is 4.46. The summed E-state index contributed by atoms with van der Waals surface area (Å²) in [6.07, 6.45) is 3.90. The van der Waals surface area contributed by atoms with Gasteiger partial charge in [0.15, 0.2) is 5.58 Å². The molecule has 0 aliphatic rings. The Morgan fingerprint density at radius 2 is 1.96 bits per heavy atom. The van der Waals surface area contributed by atoms with Crippen molar-refractivity contribution in [2.24, 2.45) is 0 Å². The van der Waals surface area contributed by atoms with Crippen LogP contribution < -0.4 is 0 Å². The van der Waals surface area contributed by atoms with Gasteiger partial charge in [-0.2, -0.15) is 0 Å². The highest BCUT2D eigenvalue weighted by Gasteiger charge is 2.13. The number of oxazole rings is 1. The fourth-order valence-corrected chi connectivity index (χ4v) is 3.03. The van der Waals surface area contributed by atoms with Gasteiger partial charge in [-0.15, -0.1) is 0 Å². The Balaban J connectivity index is 1.52. The lowest BCUT2D eigenvalue weighted by Crippen LogP contribution is -2.08. The molecular weight excluding hydrogens is 342 g/mol. The molecule has 2 aromatic heterocycles. The number of H-pyrrole nitrogens is 1. The molecule has 0 amide bonds. The van der Waals surface area contributed by atoms with Crippen LogP contribution >= 0.6 is 0 Å². The van der Waals surface area contributed by atoms with E-state index >= 15 is 0 Å². The van der Waals surface area contributed by atoms with E-state index in [1.807, 2.05) is 26.0 Å². The van der Waals surface area contributed by atoms with Gasteiger partial charge in [0.2, 0.25) is 5.89 Å². The smallest absolute Gasteiger partial charge is 0.338 e. The van der Waals surface area contributed by atoms with E-state index in [0.717, 1.165) is 22.4 Å². The molecule has 0 atom stereocenters. The predicted octanol–water partition coefficient (Wildman–Crippen LogP) is 4.23. The zero-order valence-corrected chi connectivity index (χ0v) is 15.2. The van der Waals surface area contributed by atoms with Crippen molar-refractivity contribution in [2.75, 3.05) is 6.61 Å². The fourth-order valence-electron chi connectivity index (χ4n) is 3.03. The van der Waals surface area contributed by atoms with Crippen LogP contribution in [0, 0.1) is 13.8 Å². The van der Waals surface area contributed by atoms with E-state index in [9.17, 15) is 4.79 Å². The third-order valence-electron chi connectivity index (χ3n) is 4.25. The standard InChI is InChI=1S/C21H19N3O3/c1-13-7-14(2)9-16(8-13)20-24-18-4-3-15(10-19(18)27-20)21(25)26-6-5-17-11-22-12-23-17/h3-4,7-12H,5-6H2,1-2H3,(H,22,23). The van der Waals surface area contributed by atoms with Crippen LogP contribution in [0.25, 0.3) is 22.6 Å². The number of esters is 1. The molecule has 4 aromatic rings. The summed E-state index contributed by atoms with van der Waals surface area (Å²) < 4.78 is 11.2. The molecule has 136 valence electrons. The van der Waals surface area contributed by atoms with Crippen LogP contribution in [0.4, 0.5) is 0 Å². The number of fused-ring (bicyclic) bond motifs is 1. The number of rotatable bonds is 5. The molecule has 6 heteroatoms. The maximum Gasteiger partial charge on any atom is 0.338 e. The van der Waals surface area contributed by atoms with Gasteiger partial charge >= 0.3 is 5.97 Å². The first-order valence-corrected chi connectivity index (χ1v) is 8.72. The summed E-state index contributed by atoms with van der Waals surface area (Å²) in [4.78, 5) is 23.7. The second kappa shape index (κ2) is 7.07. The highest BCUT2D eigenvalue weighted by Crippen LogP contribution is 2.26. The first kappa shape index (κ1) is 17.0. The second-order valence-electron chi connectivity index (χ2n) is 6.54. The van der Waals surface area contributed by atoms with Crippen LogP contribution in [0.1, 0.15) is 27.2 Å². The van der Waals surface area contributed by atoms with Crippen LogP contribution in [0.3, 0.4) is 0 Å². The van der Waals surface area contributed by atoms with E-state index in [2.05, 4.69) is 21.0 Å². The van der Waals surface area contributed by atoms with Crippen LogP contribution in [-0.4, -0.2) is 27.5 Å². The third kappa shape index (κ3) is 3.74. The van der Waals surface area contributed by atoms with Crippen molar-refractivity contribution >= 4 is 17.1 Å². The molecule has 6 nitrogen and oxygen atoms in total. The summed E-state index contributed by atoms with van der Waals surface area (Å²) in [5.74, 6) is 0.155. The van der Waals surface area contributed by atoms with Gasteiger partial charge < -0.3 is 14.1 Å². The minimum Gasteiger partial charge on any atom is -0.462 e. The lowest BCUT2D eigenvalue weighted by Gasteiger charge is -2.03. The topological polar surface area (TPSA) is 81.0 Å². The number of benzene rings is 2. The van der Waals surface area contributed by atoms with Gasteiger partial charge in [0.25, 0.3) is 0 Å². The summed E-state index contributed by atoms with van der Waals surface area (Å²) >= 11 is 0. The van der Waals surface area contributed by atoms with E-state index in [0.29, 0.717) is 29.0 Å². The zero-order valence-electron chi connectivity index (χ0n) is 15.2. The zero-order chi connectivity index (χ0) is 18.8. The summed E-state index contributed by atoms with van der Waals surface area (Å²) in [6.45, 7) is 4.36. The molecule has 0 aliphatic heterocycles. The van der Waals surface area contributed by atoms with Gasteiger partial charge in [0.05, 0.1) is 18.5 Å². The van der Waals surface area contributed by atoms with Crippen LogP contribution in [0.5, 0.6) is 0 Å². The molecule has 0 aliphatic carbocycles. The van der Waals surface area contributed by atoms with Gasteiger partial charge in [-0.1, -0.05) is 17.2 Å². The van der Waals surface area contributed by atoms with Crippen molar-refractivity contribution in [3.63, 3.8) is 0 Å². The average molecular weight is 361 g/mol. The molecule has 0 unspecified atom stereocenters. The SMILES string of the molecule is Cc1cc(C)cc(-c2nc3ccc(C(=O)OCCc4cnc[nH]4)cc3o2)c1. The number of hydrogen-bond donors (Lipinski definition) is 1. The number of hydrogen-bond acceptors (Lipinski definition) is 5. The molecule has 0 saturated carbocycles. The average Bonchev–Trinajstić information content (AvgIpc) is 3.29. The minimum absolute atomic E-state index is 0.281. The normalized spacial score (nSPS) is 11.0. The van der Waals surface area contributed by atoms with E-state index in [1.165, 1.54) is 0 Å². The van der Waals surface area contributed by atoms with E-state index in [4.69, 9.17) is 9.15 Å². The first-order chi connectivity index (χ1) is 13.1. The maximum atomic E-state index is 12.3. The van der Waals surface area contributed by atoms with Crippen LogP contribution in [-0.2, 0) is 11.2 Å². The van der Waals surface area contributed by atoms with Crippen LogP contribution in [0.15, 0.2) is 53.3 Å².